The van der Waals surface area contributed by atoms with Crippen LogP contribution in [0.5, 0.6) is 0 Å². The molecule has 1 fully saturated rings. The summed E-state index contributed by atoms with van der Waals surface area (Å²) in [6.07, 6.45) is 1.93. The molecule has 1 aliphatic rings. The molecular formula is C21H25Cl2N3O2. The van der Waals surface area contributed by atoms with E-state index < -0.39 is 12.1 Å². The Morgan fingerprint density at radius 1 is 1.14 bits per heavy atom. The summed E-state index contributed by atoms with van der Waals surface area (Å²) in [7, 11) is 0. The van der Waals surface area contributed by atoms with Crippen molar-refractivity contribution in [3.8, 4) is 0 Å². The number of hydrogen-bond acceptors (Lipinski definition) is 3. The lowest BCUT2D eigenvalue weighted by Gasteiger charge is -2.26. The number of hydrogen-bond donors (Lipinski definition) is 2. The van der Waals surface area contributed by atoms with Gasteiger partial charge in [0.15, 0.2) is 0 Å². The van der Waals surface area contributed by atoms with Gasteiger partial charge in [0, 0.05) is 18.1 Å². The van der Waals surface area contributed by atoms with Crippen LogP contribution in [-0.2, 0) is 22.6 Å². The van der Waals surface area contributed by atoms with Crippen molar-refractivity contribution in [1.82, 2.24) is 10.2 Å². The van der Waals surface area contributed by atoms with Gasteiger partial charge in [0.2, 0.25) is 11.8 Å². The Balaban J connectivity index is 0.00000280. The molecule has 0 unspecified atom stereocenters. The summed E-state index contributed by atoms with van der Waals surface area (Å²) in [6.45, 7) is 0.949. The van der Waals surface area contributed by atoms with Crippen molar-refractivity contribution in [3.05, 3.63) is 70.7 Å². The first-order valence-corrected chi connectivity index (χ1v) is 9.54. The zero-order chi connectivity index (χ0) is 19.2. The minimum atomic E-state index is -0.645. The molecule has 28 heavy (non-hydrogen) atoms. The average Bonchev–Trinajstić information content (AvgIpc) is 3.16. The van der Waals surface area contributed by atoms with Crippen LogP contribution >= 0.6 is 24.0 Å². The summed E-state index contributed by atoms with van der Waals surface area (Å²) < 4.78 is 0. The fourth-order valence-electron chi connectivity index (χ4n) is 3.43. The predicted octanol–water partition coefficient (Wildman–Crippen LogP) is 2.94. The number of nitrogens with one attached hydrogen (secondary N) is 1. The van der Waals surface area contributed by atoms with Crippen LogP contribution in [0, 0.1) is 0 Å². The Morgan fingerprint density at radius 2 is 1.86 bits per heavy atom. The summed E-state index contributed by atoms with van der Waals surface area (Å²) in [4.78, 5) is 27.0. The SMILES string of the molecule is Cl.N[C@H](Cc1ccccc1)C(=O)N1CCC[C@H]1C(=O)NCc1cccc(Cl)c1. The maximum absolute atomic E-state index is 12.8. The number of nitrogens with two attached hydrogens (primary N) is 1. The molecule has 7 heteroatoms. The second-order valence-electron chi connectivity index (χ2n) is 6.83. The summed E-state index contributed by atoms with van der Waals surface area (Å²) in [5.74, 6) is -0.313. The van der Waals surface area contributed by atoms with E-state index in [-0.39, 0.29) is 24.2 Å². The molecule has 3 N–H and O–H groups in total. The van der Waals surface area contributed by atoms with E-state index in [0.717, 1.165) is 17.5 Å². The van der Waals surface area contributed by atoms with Crippen molar-refractivity contribution in [2.24, 2.45) is 5.73 Å². The van der Waals surface area contributed by atoms with E-state index >= 15 is 0 Å². The summed E-state index contributed by atoms with van der Waals surface area (Å²) in [6, 6.07) is 15.9. The first-order chi connectivity index (χ1) is 13.0. The summed E-state index contributed by atoms with van der Waals surface area (Å²) >= 11 is 5.97. The number of carbonyl (C=O) groups excluding carboxylic acids is 2. The van der Waals surface area contributed by atoms with Crippen LogP contribution < -0.4 is 11.1 Å². The number of amides is 2. The van der Waals surface area contributed by atoms with Crippen molar-refractivity contribution in [1.29, 1.82) is 0 Å². The number of nitrogens with zero attached hydrogens (tertiary/aromatic N) is 1. The van der Waals surface area contributed by atoms with Crippen LogP contribution in [0.3, 0.4) is 0 Å². The fourth-order valence-corrected chi connectivity index (χ4v) is 3.64. The quantitative estimate of drug-likeness (QED) is 0.752. The molecule has 0 bridgehead atoms. The fraction of sp³-hybridized carbons (Fsp3) is 0.333. The predicted molar refractivity (Wildman–Crippen MR) is 113 cm³/mol. The monoisotopic (exact) mass is 421 g/mol. The lowest BCUT2D eigenvalue weighted by molar-refractivity contribution is -0.139. The first-order valence-electron chi connectivity index (χ1n) is 9.17. The van der Waals surface area contributed by atoms with E-state index in [1.54, 1.807) is 11.0 Å². The third-order valence-corrected chi connectivity index (χ3v) is 5.05. The number of benzene rings is 2. The average molecular weight is 422 g/mol. The number of carbonyl (C=O) groups is 2. The van der Waals surface area contributed by atoms with Gasteiger partial charge in [-0.25, -0.2) is 0 Å². The smallest absolute Gasteiger partial charge is 0.243 e. The molecule has 5 nitrogen and oxygen atoms in total. The molecule has 150 valence electrons. The number of rotatable bonds is 6. The molecule has 2 aromatic rings. The van der Waals surface area contributed by atoms with Gasteiger partial charge in [0.05, 0.1) is 6.04 Å². The molecule has 0 aromatic heterocycles. The van der Waals surface area contributed by atoms with Crippen LogP contribution in [0.15, 0.2) is 54.6 Å². The highest BCUT2D eigenvalue weighted by Crippen LogP contribution is 2.19. The Bertz CT molecular complexity index is 801. The van der Waals surface area contributed by atoms with Crippen molar-refractivity contribution >= 4 is 35.8 Å². The van der Waals surface area contributed by atoms with Gasteiger partial charge in [-0.1, -0.05) is 54.1 Å². The third-order valence-electron chi connectivity index (χ3n) is 4.81. The van der Waals surface area contributed by atoms with Gasteiger partial charge >= 0.3 is 0 Å². The summed E-state index contributed by atoms with van der Waals surface area (Å²) in [5, 5.41) is 3.54. The molecule has 1 aliphatic heterocycles. The number of likely N-dealkylation sites (tertiary alicyclic amines) is 1. The largest absolute Gasteiger partial charge is 0.350 e. The highest BCUT2D eigenvalue weighted by molar-refractivity contribution is 6.30. The van der Waals surface area contributed by atoms with Gasteiger partial charge in [-0.05, 0) is 42.5 Å². The van der Waals surface area contributed by atoms with E-state index in [9.17, 15) is 9.59 Å². The molecule has 2 amide bonds. The lowest BCUT2D eigenvalue weighted by atomic mass is 10.1. The normalized spacial score (nSPS) is 16.9. The molecule has 0 radical (unpaired) electrons. The van der Waals surface area contributed by atoms with Crippen LogP contribution in [0.1, 0.15) is 24.0 Å². The lowest BCUT2D eigenvalue weighted by Crippen LogP contribution is -2.51. The second-order valence-corrected chi connectivity index (χ2v) is 7.27. The summed E-state index contributed by atoms with van der Waals surface area (Å²) in [5.41, 5.74) is 8.07. The Morgan fingerprint density at radius 3 is 2.57 bits per heavy atom. The molecule has 0 spiro atoms. The molecule has 1 saturated heterocycles. The highest BCUT2D eigenvalue weighted by Gasteiger charge is 2.35. The maximum Gasteiger partial charge on any atom is 0.243 e. The molecule has 2 aromatic carbocycles. The van der Waals surface area contributed by atoms with Crippen molar-refractivity contribution < 1.29 is 9.59 Å². The Labute approximate surface area is 176 Å². The highest BCUT2D eigenvalue weighted by atomic mass is 35.5. The standard InChI is InChI=1S/C21H24ClN3O2.ClH/c22-17-9-4-8-16(12-17)14-24-20(26)19-10-5-11-25(19)21(27)18(23)13-15-6-2-1-3-7-15;/h1-4,6-9,12,18-19H,5,10-11,13-14,23H2,(H,24,26);1H/t18-,19+;/m1./s1. The molecular weight excluding hydrogens is 397 g/mol. The Kier molecular flexibility index (Phi) is 8.30. The first kappa shape index (κ1) is 22.2. The molecule has 2 atom stereocenters. The van der Waals surface area contributed by atoms with Crippen LogP contribution in [-0.4, -0.2) is 35.3 Å². The van der Waals surface area contributed by atoms with E-state index in [1.165, 1.54) is 0 Å². The topological polar surface area (TPSA) is 75.4 Å². The van der Waals surface area contributed by atoms with Gasteiger partial charge in [0.25, 0.3) is 0 Å². The van der Waals surface area contributed by atoms with Crippen molar-refractivity contribution in [2.75, 3.05) is 6.54 Å². The zero-order valence-corrected chi connectivity index (χ0v) is 17.1. The van der Waals surface area contributed by atoms with Gasteiger partial charge in [-0.2, -0.15) is 0 Å². The molecule has 3 rings (SSSR count). The molecule has 0 aliphatic carbocycles. The van der Waals surface area contributed by atoms with Gasteiger partial charge in [-0.3, -0.25) is 9.59 Å². The van der Waals surface area contributed by atoms with E-state index in [1.807, 2.05) is 48.5 Å². The van der Waals surface area contributed by atoms with Crippen molar-refractivity contribution in [3.63, 3.8) is 0 Å². The maximum atomic E-state index is 12.8. The minimum absolute atomic E-state index is 0. The van der Waals surface area contributed by atoms with Crippen LogP contribution in [0.25, 0.3) is 0 Å². The van der Waals surface area contributed by atoms with Gasteiger partial charge < -0.3 is 16.0 Å². The van der Waals surface area contributed by atoms with E-state index in [0.29, 0.717) is 31.0 Å². The zero-order valence-electron chi connectivity index (χ0n) is 15.5. The third kappa shape index (κ3) is 5.71. The molecule has 0 saturated carbocycles. The van der Waals surface area contributed by atoms with Crippen molar-refractivity contribution in [2.45, 2.75) is 37.9 Å². The Hall–Kier alpha value is -2.08. The molecule has 1 heterocycles. The van der Waals surface area contributed by atoms with E-state index in [4.69, 9.17) is 17.3 Å². The minimum Gasteiger partial charge on any atom is -0.350 e. The number of halogens is 2. The second kappa shape index (κ2) is 10.5. The van der Waals surface area contributed by atoms with Gasteiger partial charge in [0.1, 0.15) is 6.04 Å². The van der Waals surface area contributed by atoms with Gasteiger partial charge in [-0.15, -0.1) is 12.4 Å². The van der Waals surface area contributed by atoms with Crippen LogP contribution in [0.4, 0.5) is 0 Å². The van der Waals surface area contributed by atoms with E-state index in [2.05, 4.69) is 5.32 Å². The van der Waals surface area contributed by atoms with Crippen LogP contribution in [0.2, 0.25) is 5.02 Å².